The quantitative estimate of drug-likeness (QED) is 0.527. The van der Waals surface area contributed by atoms with Gasteiger partial charge in [0.15, 0.2) is 0 Å². The molecular weight excluding hydrogens is 290 g/mol. The number of hydrogen-bond donors (Lipinski definition) is 1. The van der Waals surface area contributed by atoms with Crippen molar-refractivity contribution < 1.29 is 0 Å². The highest BCUT2D eigenvalue weighted by atomic mass is 14.7. The van der Waals surface area contributed by atoms with Gasteiger partial charge in [-0.1, -0.05) is 73.7 Å². The van der Waals surface area contributed by atoms with Crippen LogP contribution in [0.25, 0.3) is 10.9 Å². The summed E-state index contributed by atoms with van der Waals surface area (Å²) in [4.78, 5) is 3.80. The van der Waals surface area contributed by atoms with Gasteiger partial charge >= 0.3 is 0 Å². The summed E-state index contributed by atoms with van der Waals surface area (Å²) in [5.41, 5.74) is 7.16. The molecule has 3 aromatic rings. The number of aromatic nitrogens is 1. The molecule has 1 aliphatic carbocycles. The number of nitrogens with one attached hydrogen (secondary N) is 1. The van der Waals surface area contributed by atoms with E-state index in [0.717, 1.165) is 0 Å². The van der Waals surface area contributed by atoms with Crippen LogP contribution in [0.4, 0.5) is 0 Å². The van der Waals surface area contributed by atoms with Crippen LogP contribution in [-0.2, 0) is 6.42 Å². The number of H-pyrrole nitrogens is 1. The standard InChI is InChI=1S/C23H27N/c1-17-13-15-18(16-14-17)19-9-5-3-2-4-6-11-21-20-10-7-8-12-22(20)24-23(19)21/h7-8,10,12-16,19,24H,2-6,9,11H2,1H3. The highest BCUT2D eigenvalue weighted by Gasteiger charge is 2.22. The molecule has 0 saturated heterocycles. The molecule has 1 atom stereocenters. The van der Waals surface area contributed by atoms with Crippen molar-refractivity contribution in [2.45, 2.75) is 57.8 Å². The van der Waals surface area contributed by atoms with E-state index in [1.165, 1.54) is 72.7 Å². The average molecular weight is 317 g/mol. The number of benzene rings is 2. The van der Waals surface area contributed by atoms with Crippen molar-refractivity contribution in [2.24, 2.45) is 0 Å². The molecule has 1 nitrogen and oxygen atoms in total. The first-order chi connectivity index (χ1) is 11.8. The molecule has 0 bridgehead atoms. The summed E-state index contributed by atoms with van der Waals surface area (Å²) in [6.45, 7) is 2.17. The van der Waals surface area contributed by atoms with Crippen molar-refractivity contribution in [3.63, 3.8) is 0 Å². The Morgan fingerprint density at radius 3 is 2.46 bits per heavy atom. The van der Waals surface area contributed by atoms with E-state index in [2.05, 4.69) is 60.4 Å². The summed E-state index contributed by atoms with van der Waals surface area (Å²) in [7, 11) is 0. The summed E-state index contributed by atoms with van der Waals surface area (Å²) in [6, 6.07) is 18.0. The Labute approximate surface area is 145 Å². The van der Waals surface area contributed by atoms with Crippen LogP contribution in [0.5, 0.6) is 0 Å². The van der Waals surface area contributed by atoms with Crippen LogP contribution in [0.3, 0.4) is 0 Å². The van der Waals surface area contributed by atoms with Crippen LogP contribution in [0.15, 0.2) is 48.5 Å². The van der Waals surface area contributed by atoms with E-state index in [1.54, 1.807) is 5.56 Å². The third-order valence-corrected chi connectivity index (χ3v) is 5.59. The fraction of sp³-hybridized carbons (Fsp3) is 0.391. The number of aryl methyl sites for hydroxylation is 2. The molecule has 4 rings (SSSR count). The molecule has 0 fully saturated rings. The van der Waals surface area contributed by atoms with Crippen LogP contribution in [0.1, 0.15) is 66.8 Å². The molecule has 1 aromatic heterocycles. The lowest BCUT2D eigenvalue weighted by Crippen LogP contribution is -2.06. The largest absolute Gasteiger partial charge is 0.358 e. The maximum atomic E-state index is 3.80. The van der Waals surface area contributed by atoms with Crippen molar-refractivity contribution in [2.75, 3.05) is 0 Å². The van der Waals surface area contributed by atoms with Crippen molar-refractivity contribution in [1.82, 2.24) is 4.98 Å². The number of hydrogen-bond acceptors (Lipinski definition) is 0. The van der Waals surface area contributed by atoms with Gasteiger partial charge in [-0.2, -0.15) is 0 Å². The molecule has 24 heavy (non-hydrogen) atoms. The summed E-state index contributed by atoms with van der Waals surface area (Å²) in [6.07, 6.45) is 9.23. The molecule has 124 valence electrons. The summed E-state index contributed by atoms with van der Waals surface area (Å²) >= 11 is 0. The first-order valence-corrected chi connectivity index (χ1v) is 9.49. The van der Waals surface area contributed by atoms with Crippen LogP contribution in [0, 0.1) is 6.92 Å². The van der Waals surface area contributed by atoms with E-state index in [0.29, 0.717) is 5.92 Å². The number of aromatic amines is 1. The van der Waals surface area contributed by atoms with Crippen molar-refractivity contribution in [3.05, 3.63) is 70.9 Å². The van der Waals surface area contributed by atoms with Crippen LogP contribution >= 0.6 is 0 Å². The zero-order valence-corrected chi connectivity index (χ0v) is 14.6. The minimum Gasteiger partial charge on any atom is -0.358 e. The first kappa shape index (κ1) is 15.5. The molecule has 1 aliphatic rings. The molecule has 2 aromatic carbocycles. The third kappa shape index (κ3) is 3.00. The van der Waals surface area contributed by atoms with Crippen LogP contribution in [0.2, 0.25) is 0 Å². The Morgan fingerprint density at radius 1 is 0.833 bits per heavy atom. The highest BCUT2D eigenvalue weighted by molar-refractivity contribution is 5.85. The number of para-hydroxylation sites is 1. The second kappa shape index (κ2) is 6.84. The minimum absolute atomic E-state index is 0.506. The molecule has 1 heterocycles. The number of fused-ring (bicyclic) bond motifs is 3. The van der Waals surface area contributed by atoms with E-state index < -0.39 is 0 Å². The Morgan fingerprint density at radius 2 is 1.58 bits per heavy atom. The average Bonchev–Trinajstić information content (AvgIpc) is 2.98. The summed E-state index contributed by atoms with van der Waals surface area (Å²) in [5.74, 6) is 0.506. The lowest BCUT2D eigenvalue weighted by atomic mass is 9.85. The Bertz CT molecular complexity index is 810. The molecule has 1 unspecified atom stereocenters. The van der Waals surface area contributed by atoms with Gasteiger partial charge in [0.2, 0.25) is 0 Å². The van der Waals surface area contributed by atoms with Crippen LogP contribution < -0.4 is 0 Å². The maximum Gasteiger partial charge on any atom is 0.0459 e. The first-order valence-electron chi connectivity index (χ1n) is 9.49. The topological polar surface area (TPSA) is 15.8 Å². The van der Waals surface area contributed by atoms with Crippen molar-refractivity contribution in [3.8, 4) is 0 Å². The minimum atomic E-state index is 0.506. The van der Waals surface area contributed by atoms with Gasteiger partial charge in [-0.05, 0) is 43.4 Å². The predicted octanol–water partition coefficient (Wildman–Crippen LogP) is 6.50. The van der Waals surface area contributed by atoms with Gasteiger partial charge in [-0.15, -0.1) is 0 Å². The highest BCUT2D eigenvalue weighted by Crippen LogP contribution is 2.37. The second-order valence-corrected chi connectivity index (χ2v) is 7.33. The summed E-state index contributed by atoms with van der Waals surface area (Å²) in [5, 5.41) is 1.44. The molecule has 0 aliphatic heterocycles. The Balaban J connectivity index is 1.84. The molecular formula is C23H27N. The Hall–Kier alpha value is -2.02. The van der Waals surface area contributed by atoms with Gasteiger partial charge in [0.25, 0.3) is 0 Å². The zero-order valence-electron chi connectivity index (χ0n) is 14.6. The van der Waals surface area contributed by atoms with Gasteiger partial charge in [-0.3, -0.25) is 0 Å². The predicted molar refractivity (Wildman–Crippen MR) is 103 cm³/mol. The molecule has 1 heteroatoms. The Kier molecular flexibility index (Phi) is 4.42. The van der Waals surface area contributed by atoms with Crippen molar-refractivity contribution >= 4 is 10.9 Å². The zero-order chi connectivity index (χ0) is 16.4. The maximum absolute atomic E-state index is 3.80. The smallest absolute Gasteiger partial charge is 0.0459 e. The van der Waals surface area contributed by atoms with E-state index in [1.807, 2.05) is 0 Å². The van der Waals surface area contributed by atoms with Crippen molar-refractivity contribution in [1.29, 1.82) is 0 Å². The fourth-order valence-electron chi connectivity index (χ4n) is 4.24. The molecule has 0 radical (unpaired) electrons. The molecule has 0 saturated carbocycles. The SMILES string of the molecule is Cc1ccc(C2CCCCCCCc3c2[nH]c2ccccc32)cc1. The number of rotatable bonds is 1. The van der Waals surface area contributed by atoms with Gasteiger partial charge < -0.3 is 4.98 Å². The van der Waals surface area contributed by atoms with Gasteiger partial charge in [0.05, 0.1) is 0 Å². The van der Waals surface area contributed by atoms with E-state index in [9.17, 15) is 0 Å². The molecule has 0 spiro atoms. The molecule has 0 amide bonds. The normalized spacial score (nSPS) is 19.1. The van der Waals surface area contributed by atoms with Gasteiger partial charge in [0, 0.05) is 22.5 Å². The van der Waals surface area contributed by atoms with Crippen LogP contribution in [-0.4, -0.2) is 4.98 Å². The monoisotopic (exact) mass is 317 g/mol. The fourth-order valence-corrected chi connectivity index (χ4v) is 4.24. The lowest BCUT2D eigenvalue weighted by Gasteiger charge is -2.20. The van der Waals surface area contributed by atoms with E-state index in [-0.39, 0.29) is 0 Å². The van der Waals surface area contributed by atoms with Gasteiger partial charge in [0.1, 0.15) is 0 Å². The molecule has 1 N–H and O–H groups in total. The second-order valence-electron chi connectivity index (χ2n) is 7.33. The summed E-state index contributed by atoms with van der Waals surface area (Å²) < 4.78 is 0. The van der Waals surface area contributed by atoms with E-state index in [4.69, 9.17) is 0 Å². The third-order valence-electron chi connectivity index (χ3n) is 5.59. The van der Waals surface area contributed by atoms with E-state index >= 15 is 0 Å². The lowest BCUT2D eigenvalue weighted by molar-refractivity contribution is 0.552. The van der Waals surface area contributed by atoms with Gasteiger partial charge in [-0.25, -0.2) is 0 Å².